The van der Waals surface area contributed by atoms with Crippen molar-refractivity contribution in [3.05, 3.63) is 54.8 Å². The molecule has 1 aliphatic heterocycles. The number of amides is 1. The molecule has 156 valence electrons. The SMILES string of the molecule is C=C(/C=C(\C)N1CCN(C(=O)Cn2nc(-c3ncc[nH]3)c3cccnc32)CC1)OC. The van der Waals surface area contributed by atoms with E-state index >= 15 is 0 Å². The predicted octanol–water partition coefficient (Wildman–Crippen LogP) is 2.03. The number of aromatic amines is 1. The molecule has 30 heavy (non-hydrogen) atoms. The minimum absolute atomic E-state index is 0.0265. The van der Waals surface area contributed by atoms with Gasteiger partial charge in [0, 0.05) is 50.5 Å². The van der Waals surface area contributed by atoms with Crippen molar-refractivity contribution in [2.24, 2.45) is 0 Å². The number of aromatic nitrogens is 5. The van der Waals surface area contributed by atoms with E-state index in [0.717, 1.165) is 24.2 Å². The number of fused-ring (bicyclic) bond motifs is 1. The number of nitrogens with zero attached hydrogens (tertiary/aromatic N) is 6. The number of carbonyl (C=O) groups excluding carboxylic acids is 1. The molecule has 4 rings (SSSR count). The second-order valence-corrected chi connectivity index (χ2v) is 7.14. The number of methoxy groups -OCH3 is 1. The maximum absolute atomic E-state index is 13.0. The van der Waals surface area contributed by atoms with E-state index in [0.29, 0.717) is 36.0 Å². The van der Waals surface area contributed by atoms with Gasteiger partial charge in [0.2, 0.25) is 5.91 Å². The normalized spacial score (nSPS) is 14.9. The van der Waals surface area contributed by atoms with Gasteiger partial charge in [-0.15, -0.1) is 0 Å². The summed E-state index contributed by atoms with van der Waals surface area (Å²) in [5, 5.41) is 5.49. The van der Waals surface area contributed by atoms with Crippen LogP contribution in [0.5, 0.6) is 0 Å². The maximum Gasteiger partial charge on any atom is 0.244 e. The highest BCUT2D eigenvalue weighted by atomic mass is 16.5. The van der Waals surface area contributed by atoms with Crippen LogP contribution in [0.25, 0.3) is 22.6 Å². The molecule has 0 atom stereocenters. The second-order valence-electron chi connectivity index (χ2n) is 7.14. The number of H-pyrrole nitrogens is 1. The minimum Gasteiger partial charge on any atom is -0.497 e. The Morgan fingerprint density at radius 3 is 2.70 bits per heavy atom. The molecule has 0 bridgehead atoms. The number of carbonyl (C=O) groups is 1. The molecule has 0 aliphatic carbocycles. The average molecular weight is 407 g/mol. The molecular formula is C21H25N7O2. The summed E-state index contributed by atoms with van der Waals surface area (Å²) in [6.45, 7) is 8.84. The number of allylic oxidation sites excluding steroid dienone is 2. The molecule has 3 aromatic rings. The third-order valence-electron chi connectivity index (χ3n) is 5.28. The zero-order valence-corrected chi connectivity index (χ0v) is 17.2. The smallest absolute Gasteiger partial charge is 0.244 e. The van der Waals surface area contributed by atoms with Crippen LogP contribution in [0.1, 0.15) is 6.92 Å². The molecule has 3 aromatic heterocycles. The minimum atomic E-state index is 0.0265. The first-order valence-corrected chi connectivity index (χ1v) is 9.82. The lowest BCUT2D eigenvalue weighted by atomic mass is 10.2. The Labute approximate surface area is 174 Å². The Kier molecular flexibility index (Phi) is 5.51. The van der Waals surface area contributed by atoms with Crippen LogP contribution in [0.15, 0.2) is 54.8 Å². The van der Waals surface area contributed by atoms with Crippen LogP contribution < -0.4 is 0 Å². The van der Waals surface area contributed by atoms with E-state index in [9.17, 15) is 4.79 Å². The zero-order chi connectivity index (χ0) is 21.1. The molecule has 9 heteroatoms. The fourth-order valence-corrected chi connectivity index (χ4v) is 3.61. The van der Waals surface area contributed by atoms with E-state index in [1.807, 2.05) is 30.0 Å². The van der Waals surface area contributed by atoms with E-state index in [1.54, 1.807) is 30.4 Å². The average Bonchev–Trinajstić information content (AvgIpc) is 3.42. The lowest BCUT2D eigenvalue weighted by Gasteiger charge is -2.36. The van der Waals surface area contributed by atoms with Gasteiger partial charge in [0.25, 0.3) is 0 Å². The fourth-order valence-electron chi connectivity index (χ4n) is 3.61. The van der Waals surface area contributed by atoms with Crippen molar-refractivity contribution in [2.45, 2.75) is 13.5 Å². The van der Waals surface area contributed by atoms with Crippen molar-refractivity contribution < 1.29 is 9.53 Å². The number of piperazine rings is 1. The van der Waals surface area contributed by atoms with Gasteiger partial charge in [-0.25, -0.2) is 14.6 Å². The largest absolute Gasteiger partial charge is 0.497 e. The van der Waals surface area contributed by atoms with Crippen molar-refractivity contribution in [2.75, 3.05) is 33.3 Å². The number of hydrogen-bond acceptors (Lipinski definition) is 6. The molecule has 0 radical (unpaired) electrons. The fraction of sp³-hybridized carbons (Fsp3) is 0.333. The summed E-state index contributed by atoms with van der Waals surface area (Å²) in [6.07, 6.45) is 7.05. The van der Waals surface area contributed by atoms with E-state index in [1.165, 1.54) is 0 Å². The maximum atomic E-state index is 13.0. The summed E-state index contributed by atoms with van der Waals surface area (Å²) in [5.41, 5.74) is 2.45. The van der Waals surface area contributed by atoms with Gasteiger partial charge in [0.1, 0.15) is 18.0 Å². The van der Waals surface area contributed by atoms with Crippen LogP contribution in [-0.4, -0.2) is 73.7 Å². The molecule has 0 saturated carbocycles. The summed E-state index contributed by atoms with van der Waals surface area (Å²) < 4.78 is 6.78. The van der Waals surface area contributed by atoms with Crippen LogP contribution in [0.3, 0.4) is 0 Å². The molecule has 1 N–H and O–H groups in total. The summed E-state index contributed by atoms with van der Waals surface area (Å²) in [6, 6.07) is 3.80. The van der Waals surface area contributed by atoms with Gasteiger partial charge in [0.15, 0.2) is 11.5 Å². The Bertz CT molecular complexity index is 1080. The number of imidazole rings is 1. The standard InChI is InChI=1S/C21H25N7O2/c1-15(13-16(2)30-3)26-9-11-27(12-10-26)18(29)14-28-21-17(5-4-6-24-21)19(25-28)20-22-7-8-23-20/h4-8,13H,2,9-12,14H2,1,3H3,(H,22,23)/b15-13+. The molecule has 0 aromatic carbocycles. The molecule has 1 amide bonds. The highest BCUT2D eigenvalue weighted by Gasteiger charge is 2.23. The lowest BCUT2D eigenvalue weighted by molar-refractivity contribution is -0.133. The summed E-state index contributed by atoms with van der Waals surface area (Å²) >= 11 is 0. The summed E-state index contributed by atoms with van der Waals surface area (Å²) in [4.78, 5) is 28.9. The van der Waals surface area contributed by atoms with Crippen molar-refractivity contribution >= 4 is 16.9 Å². The Balaban J connectivity index is 1.46. The van der Waals surface area contributed by atoms with Gasteiger partial charge in [-0.3, -0.25) is 4.79 Å². The van der Waals surface area contributed by atoms with Gasteiger partial charge in [0.05, 0.1) is 12.5 Å². The van der Waals surface area contributed by atoms with Crippen LogP contribution >= 0.6 is 0 Å². The zero-order valence-electron chi connectivity index (χ0n) is 17.2. The van der Waals surface area contributed by atoms with Gasteiger partial charge < -0.3 is 19.5 Å². The topological polar surface area (TPSA) is 92.2 Å². The third-order valence-corrected chi connectivity index (χ3v) is 5.28. The molecule has 1 saturated heterocycles. The molecule has 4 heterocycles. The molecular weight excluding hydrogens is 382 g/mol. The Morgan fingerprint density at radius 2 is 2.00 bits per heavy atom. The van der Waals surface area contributed by atoms with Gasteiger partial charge in [-0.2, -0.15) is 5.10 Å². The lowest BCUT2D eigenvalue weighted by Crippen LogP contribution is -2.48. The highest BCUT2D eigenvalue weighted by Crippen LogP contribution is 2.24. The Hall–Kier alpha value is -3.62. The number of rotatable bonds is 6. The first kappa shape index (κ1) is 19.7. The first-order valence-electron chi connectivity index (χ1n) is 9.82. The summed E-state index contributed by atoms with van der Waals surface area (Å²) in [7, 11) is 1.61. The number of hydrogen-bond donors (Lipinski definition) is 1. The van der Waals surface area contributed by atoms with E-state index in [4.69, 9.17) is 4.74 Å². The van der Waals surface area contributed by atoms with E-state index in [-0.39, 0.29) is 12.5 Å². The highest BCUT2D eigenvalue weighted by molar-refractivity contribution is 5.90. The van der Waals surface area contributed by atoms with E-state index in [2.05, 4.69) is 31.5 Å². The molecule has 0 unspecified atom stereocenters. The summed E-state index contributed by atoms with van der Waals surface area (Å²) in [5.74, 6) is 1.31. The van der Waals surface area contributed by atoms with Crippen molar-refractivity contribution in [3.63, 3.8) is 0 Å². The van der Waals surface area contributed by atoms with Gasteiger partial charge >= 0.3 is 0 Å². The van der Waals surface area contributed by atoms with E-state index < -0.39 is 0 Å². The van der Waals surface area contributed by atoms with Gasteiger partial charge in [-0.05, 0) is 25.1 Å². The van der Waals surface area contributed by atoms with Crippen LogP contribution in [0, 0.1) is 0 Å². The number of pyridine rings is 1. The number of nitrogens with one attached hydrogen (secondary N) is 1. The molecule has 9 nitrogen and oxygen atoms in total. The third kappa shape index (κ3) is 3.91. The quantitative estimate of drug-likeness (QED) is 0.497. The van der Waals surface area contributed by atoms with Crippen LogP contribution in [-0.2, 0) is 16.1 Å². The van der Waals surface area contributed by atoms with Gasteiger partial charge in [-0.1, -0.05) is 6.58 Å². The monoisotopic (exact) mass is 407 g/mol. The van der Waals surface area contributed by atoms with Crippen molar-refractivity contribution in [3.8, 4) is 11.5 Å². The molecule has 0 spiro atoms. The van der Waals surface area contributed by atoms with Crippen molar-refractivity contribution in [1.82, 2.24) is 34.5 Å². The predicted molar refractivity (Wildman–Crippen MR) is 113 cm³/mol. The second kappa shape index (κ2) is 8.40. The number of ether oxygens (including phenoxy) is 1. The first-order chi connectivity index (χ1) is 14.6. The van der Waals surface area contributed by atoms with Crippen molar-refractivity contribution in [1.29, 1.82) is 0 Å². The molecule has 1 aliphatic rings. The Morgan fingerprint density at radius 1 is 1.23 bits per heavy atom. The van der Waals surface area contributed by atoms with Crippen LogP contribution in [0.4, 0.5) is 0 Å². The van der Waals surface area contributed by atoms with Crippen LogP contribution in [0.2, 0.25) is 0 Å². The molecule has 1 fully saturated rings.